The van der Waals surface area contributed by atoms with Gasteiger partial charge in [0.25, 0.3) is 0 Å². The van der Waals surface area contributed by atoms with Gasteiger partial charge in [-0.25, -0.2) is 0 Å². The Morgan fingerprint density at radius 3 is 2.29 bits per heavy atom. The number of rotatable bonds is 5. The molecule has 21 heavy (non-hydrogen) atoms. The third kappa shape index (κ3) is 3.21. The van der Waals surface area contributed by atoms with Crippen LogP contribution in [0.25, 0.3) is 0 Å². The van der Waals surface area contributed by atoms with Gasteiger partial charge in [-0.1, -0.05) is 30.7 Å². The first-order chi connectivity index (χ1) is 9.95. The molecule has 2 heteroatoms. The fourth-order valence-electron chi connectivity index (χ4n) is 3.04. The van der Waals surface area contributed by atoms with Crippen molar-refractivity contribution in [3.63, 3.8) is 0 Å². The lowest BCUT2D eigenvalue weighted by molar-refractivity contribution is 0.492. The van der Waals surface area contributed by atoms with Gasteiger partial charge < -0.3 is 9.73 Å². The largest absolute Gasteiger partial charge is 0.466 e. The Balaban J connectivity index is 2.52. The second kappa shape index (κ2) is 6.48. The van der Waals surface area contributed by atoms with Crippen LogP contribution in [0.1, 0.15) is 58.7 Å². The molecule has 0 saturated heterocycles. The van der Waals surface area contributed by atoms with Crippen molar-refractivity contribution >= 4 is 0 Å². The molecule has 2 aromatic rings. The first kappa shape index (κ1) is 15.8. The summed E-state index contributed by atoms with van der Waals surface area (Å²) in [6.45, 7) is 13.8. The Kier molecular flexibility index (Phi) is 4.89. The highest BCUT2D eigenvalue weighted by molar-refractivity contribution is 5.44. The molecule has 0 saturated carbocycles. The molecule has 0 aliphatic carbocycles. The highest BCUT2D eigenvalue weighted by atomic mass is 16.3. The van der Waals surface area contributed by atoms with Crippen LogP contribution in [-0.4, -0.2) is 6.54 Å². The summed E-state index contributed by atoms with van der Waals surface area (Å²) in [5.41, 5.74) is 6.55. The fraction of sp³-hybridized carbons (Fsp3) is 0.474. The summed E-state index contributed by atoms with van der Waals surface area (Å²) in [5, 5.41) is 3.70. The smallest absolute Gasteiger partial charge is 0.106 e. The summed E-state index contributed by atoms with van der Waals surface area (Å²) in [6, 6.07) is 6.91. The van der Waals surface area contributed by atoms with Crippen molar-refractivity contribution < 1.29 is 4.42 Å². The number of furan rings is 1. The molecule has 1 atom stereocenters. The van der Waals surface area contributed by atoms with Crippen molar-refractivity contribution in [2.75, 3.05) is 6.54 Å². The number of hydrogen-bond donors (Lipinski definition) is 1. The van der Waals surface area contributed by atoms with Crippen molar-refractivity contribution in [3.8, 4) is 0 Å². The zero-order valence-electron chi connectivity index (χ0n) is 14.1. The predicted molar refractivity (Wildman–Crippen MR) is 89.0 cm³/mol. The van der Waals surface area contributed by atoms with Gasteiger partial charge in [-0.15, -0.1) is 0 Å². The molecule has 0 spiro atoms. The van der Waals surface area contributed by atoms with Crippen LogP contribution >= 0.6 is 0 Å². The van der Waals surface area contributed by atoms with E-state index in [0.717, 1.165) is 24.5 Å². The highest BCUT2D eigenvalue weighted by Gasteiger charge is 2.23. The quantitative estimate of drug-likeness (QED) is 0.844. The van der Waals surface area contributed by atoms with E-state index < -0.39 is 0 Å². The average molecular weight is 285 g/mol. The fourth-order valence-corrected chi connectivity index (χ4v) is 3.04. The van der Waals surface area contributed by atoms with E-state index in [2.05, 4.69) is 58.1 Å². The predicted octanol–water partition coefficient (Wildman–Crippen LogP) is 4.91. The minimum absolute atomic E-state index is 0.211. The number of benzene rings is 1. The van der Waals surface area contributed by atoms with Crippen LogP contribution in [0.2, 0.25) is 0 Å². The lowest BCUT2D eigenvalue weighted by atomic mass is 9.91. The lowest BCUT2D eigenvalue weighted by Gasteiger charge is -2.22. The van der Waals surface area contributed by atoms with Gasteiger partial charge in [0.15, 0.2) is 0 Å². The second-order valence-electron chi connectivity index (χ2n) is 6.00. The molecule has 1 N–H and O–H groups in total. The summed E-state index contributed by atoms with van der Waals surface area (Å²) in [4.78, 5) is 0. The SMILES string of the molecule is CCCNC(c1ccc(C)cc1C)c1c(C)oc(C)c1C. The van der Waals surface area contributed by atoms with Gasteiger partial charge in [0.05, 0.1) is 6.04 Å². The first-order valence-electron chi connectivity index (χ1n) is 7.82. The molecule has 2 rings (SSSR count). The van der Waals surface area contributed by atoms with Gasteiger partial charge in [0.1, 0.15) is 11.5 Å². The minimum Gasteiger partial charge on any atom is -0.466 e. The average Bonchev–Trinajstić information content (AvgIpc) is 2.67. The molecule has 0 fully saturated rings. The van der Waals surface area contributed by atoms with Crippen LogP contribution in [0.3, 0.4) is 0 Å². The number of nitrogens with one attached hydrogen (secondary N) is 1. The minimum atomic E-state index is 0.211. The van der Waals surface area contributed by atoms with Gasteiger partial charge >= 0.3 is 0 Å². The van der Waals surface area contributed by atoms with Crippen molar-refractivity contribution in [1.29, 1.82) is 0 Å². The summed E-state index contributed by atoms with van der Waals surface area (Å²) in [7, 11) is 0. The van der Waals surface area contributed by atoms with E-state index in [1.165, 1.54) is 27.8 Å². The maximum Gasteiger partial charge on any atom is 0.106 e. The van der Waals surface area contributed by atoms with Gasteiger partial charge in [-0.2, -0.15) is 0 Å². The Morgan fingerprint density at radius 2 is 1.76 bits per heavy atom. The van der Waals surface area contributed by atoms with Gasteiger partial charge in [-0.3, -0.25) is 0 Å². The Labute approximate surface area is 128 Å². The van der Waals surface area contributed by atoms with E-state index >= 15 is 0 Å². The molecule has 0 aliphatic rings. The molecule has 2 nitrogen and oxygen atoms in total. The summed E-state index contributed by atoms with van der Waals surface area (Å²) in [6.07, 6.45) is 1.12. The maximum atomic E-state index is 5.85. The van der Waals surface area contributed by atoms with E-state index in [4.69, 9.17) is 4.42 Å². The van der Waals surface area contributed by atoms with Crippen molar-refractivity contribution in [2.45, 2.75) is 54.0 Å². The van der Waals surface area contributed by atoms with Crippen molar-refractivity contribution in [2.24, 2.45) is 0 Å². The molecule has 1 unspecified atom stereocenters. The van der Waals surface area contributed by atoms with Crippen LogP contribution in [0.4, 0.5) is 0 Å². The van der Waals surface area contributed by atoms with Crippen LogP contribution in [0.5, 0.6) is 0 Å². The molecule has 0 aliphatic heterocycles. The monoisotopic (exact) mass is 285 g/mol. The van der Waals surface area contributed by atoms with Gasteiger partial charge in [0, 0.05) is 5.56 Å². The Bertz CT molecular complexity index is 625. The van der Waals surface area contributed by atoms with Gasteiger partial charge in [0.2, 0.25) is 0 Å². The lowest BCUT2D eigenvalue weighted by Crippen LogP contribution is -2.24. The third-order valence-electron chi connectivity index (χ3n) is 4.24. The van der Waals surface area contributed by atoms with Crippen molar-refractivity contribution in [3.05, 3.63) is 57.5 Å². The van der Waals surface area contributed by atoms with Crippen LogP contribution in [0.15, 0.2) is 22.6 Å². The van der Waals surface area contributed by atoms with Crippen LogP contribution in [-0.2, 0) is 0 Å². The van der Waals surface area contributed by atoms with E-state index in [-0.39, 0.29) is 6.04 Å². The first-order valence-corrected chi connectivity index (χ1v) is 7.82. The number of aryl methyl sites for hydroxylation is 4. The molecule has 0 amide bonds. The highest BCUT2D eigenvalue weighted by Crippen LogP contribution is 2.33. The molecular formula is C19H27NO. The second-order valence-corrected chi connectivity index (χ2v) is 6.00. The van der Waals surface area contributed by atoms with E-state index in [0.29, 0.717) is 0 Å². The molecule has 0 radical (unpaired) electrons. The summed E-state index contributed by atoms with van der Waals surface area (Å²) < 4.78 is 5.85. The zero-order valence-corrected chi connectivity index (χ0v) is 14.1. The summed E-state index contributed by atoms with van der Waals surface area (Å²) in [5.74, 6) is 2.05. The number of hydrogen-bond acceptors (Lipinski definition) is 2. The van der Waals surface area contributed by atoms with Gasteiger partial charge in [-0.05, 0) is 64.3 Å². The van der Waals surface area contributed by atoms with Crippen LogP contribution < -0.4 is 5.32 Å². The Hall–Kier alpha value is -1.54. The third-order valence-corrected chi connectivity index (χ3v) is 4.24. The maximum absolute atomic E-state index is 5.85. The topological polar surface area (TPSA) is 25.2 Å². The Morgan fingerprint density at radius 1 is 1.05 bits per heavy atom. The van der Waals surface area contributed by atoms with E-state index in [9.17, 15) is 0 Å². The summed E-state index contributed by atoms with van der Waals surface area (Å²) >= 11 is 0. The normalized spacial score (nSPS) is 12.7. The molecule has 1 aromatic carbocycles. The molecule has 1 aromatic heterocycles. The molecule has 0 bridgehead atoms. The van der Waals surface area contributed by atoms with E-state index in [1.807, 2.05) is 6.92 Å². The molecule has 1 heterocycles. The molecule has 114 valence electrons. The van der Waals surface area contributed by atoms with E-state index in [1.54, 1.807) is 0 Å². The van der Waals surface area contributed by atoms with Crippen molar-refractivity contribution in [1.82, 2.24) is 5.32 Å². The van der Waals surface area contributed by atoms with Crippen LogP contribution in [0, 0.1) is 34.6 Å². The zero-order chi connectivity index (χ0) is 15.6. The molecular weight excluding hydrogens is 258 g/mol. The standard InChI is InChI=1S/C19H27NO/c1-7-10-20-19(17-9-8-12(2)11-13(17)3)18-14(4)15(5)21-16(18)6/h8-9,11,19-20H,7,10H2,1-6H3.